The number of hydrogen-bond donors (Lipinski definition) is 2. The molecule has 1 saturated carbocycles. The lowest BCUT2D eigenvalue weighted by Crippen LogP contribution is -2.51. The summed E-state index contributed by atoms with van der Waals surface area (Å²) in [4.78, 5) is 27.8. The van der Waals surface area contributed by atoms with E-state index in [0.717, 1.165) is 25.9 Å². The molecule has 0 aromatic heterocycles. The highest BCUT2D eigenvalue weighted by Crippen LogP contribution is 2.18. The zero-order chi connectivity index (χ0) is 15.2. The van der Waals surface area contributed by atoms with Crippen molar-refractivity contribution in [3.8, 4) is 0 Å². The molecule has 3 N–H and O–H groups in total. The van der Waals surface area contributed by atoms with E-state index in [1.54, 1.807) is 7.11 Å². The van der Waals surface area contributed by atoms with Crippen LogP contribution in [0.3, 0.4) is 0 Å². The Morgan fingerprint density at radius 3 is 2.48 bits per heavy atom. The van der Waals surface area contributed by atoms with Gasteiger partial charge in [-0.25, -0.2) is 0 Å². The molecule has 0 aromatic rings. The number of ether oxygens (including phenoxy) is 1. The number of nitrogens with one attached hydrogen (secondary N) is 1. The first kappa shape index (κ1) is 16.2. The minimum Gasteiger partial charge on any atom is -0.380 e. The topological polar surface area (TPSA) is 87.9 Å². The molecule has 7 nitrogen and oxygen atoms in total. The van der Waals surface area contributed by atoms with Crippen LogP contribution in [0.4, 0.5) is 0 Å². The van der Waals surface area contributed by atoms with Crippen molar-refractivity contribution >= 4 is 11.8 Å². The van der Waals surface area contributed by atoms with Gasteiger partial charge in [-0.1, -0.05) is 0 Å². The van der Waals surface area contributed by atoms with Gasteiger partial charge in [-0.05, 0) is 12.8 Å². The molecule has 1 atom stereocenters. The molecule has 21 heavy (non-hydrogen) atoms. The number of nitrogens with two attached hydrogens (primary N) is 1. The van der Waals surface area contributed by atoms with Crippen molar-refractivity contribution < 1.29 is 14.3 Å². The van der Waals surface area contributed by atoms with Gasteiger partial charge in [-0.3, -0.25) is 14.5 Å². The smallest absolute Gasteiger partial charge is 0.234 e. The minimum absolute atomic E-state index is 0.0781. The van der Waals surface area contributed by atoms with E-state index in [9.17, 15) is 9.59 Å². The van der Waals surface area contributed by atoms with E-state index < -0.39 is 0 Å². The van der Waals surface area contributed by atoms with Gasteiger partial charge < -0.3 is 20.7 Å². The molecule has 0 spiro atoms. The molecule has 2 aliphatic rings. The molecule has 7 heteroatoms. The number of methoxy groups -OCH3 is 1. The van der Waals surface area contributed by atoms with Crippen LogP contribution in [-0.2, 0) is 14.3 Å². The van der Waals surface area contributed by atoms with Crippen molar-refractivity contribution in [3.63, 3.8) is 0 Å². The fraction of sp³-hybridized carbons (Fsp3) is 0.857. The second-order valence-corrected chi connectivity index (χ2v) is 5.80. The fourth-order valence-electron chi connectivity index (χ4n) is 2.45. The van der Waals surface area contributed by atoms with Crippen LogP contribution in [0.2, 0.25) is 0 Å². The Labute approximate surface area is 125 Å². The van der Waals surface area contributed by atoms with Gasteiger partial charge >= 0.3 is 0 Å². The Morgan fingerprint density at radius 1 is 1.29 bits per heavy atom. The third kappa shape index (κ3) is 5.26. The lowest BCUT2D eigenvalue weighted by atomic mass is 10.2. The quantitative estimate of drug-likeness (QED) is 0.615. The number of amides is 2. The fourth-order valence-corrected chi connectivity index (χ4v) is 2.45. The van der Waals surface area contributed by atoms with Crippen molar-refractivity contribution in [2.24, 2.45) is 5.73 Å². The Bertz CT molecular complexity index is 361. The summed E-state index contributed by atoms with van der Waals surface area (Å²) in [5.74, 6) is 0.175. The lowest BCUT2D eigenvalue weighted by Gasteiger charge is -2.34. The predicted molar refractivity (Wildman–Crippen MR) is 78.7 cm³/mol. The van der Waals surface area contributed by atoms with Crippen molar-refractivity contribution in [3.05, 3.63) is 0 Å². The Balaban J connectivity index is 1.67. The molecule has 2 rings (SSSR count). The van der Waals surface area contributed by atoms with Gasteiger partial charge in [0.15, 0.2) is 0 Å². The minimum atomic E-state index is -0.208. The first-order valence-corrected chi connectivity index (χ1v) is 7.64. The average molecular weight is 298 g/mol. The summed E-state index contributed by atoms with van der Waals surface area (Å²) in [6, 6.07) is 0.405. The molecule has 1 heterocycles. The maximum atomic E-state index is 12.1. The van der Waals surface area contributed by atoms with E-state index in [4.69, 9.17) is 10.5 Å². The molecule has 1 saturated heterocycles. The van der Waals surface area contributed by atoms with Gasteiger partial charge in [0.1, 0.15) is 0 Å². The predicted octanol–water partition coefficient (Wildman–Crippen LogP) is -1.23. The zero-order valence-electron chi connectivity index (χ0n) is 12.7. The van der Waals surface area contributed by atoms with E-state index in [-0.39, 0.29) is 17.9 Å². The molecule has 1 unspecified atom stereocenters. The van der Waals surface area contributed by atoms with Gasteiger partial charge in [0, 0.05) is 45.9 Å². The van der Waals surface area contributed by atoms with E-state index >= 15 is 0 Å². The molecule has 2 fully saturated rings. The number of rotatable bonds is 7. The second-order valence-electron chi connectivity index (χ2n) is 5.80. The van der Waals surface area contributed by atoms with Crippen LogP contribution in [-0.4, -0.2) is 80.1 Å². The first-order chi connectivity index (χ1) is 10.1. The summed E-state index contributed by atoms with van der Waals surface area (Å²) in [7, 11) is 1.57. The number of carbonyl (C=O) groups is 2. The summed E-state index contributed by atoms with van der Waals surface area (Å²) in [6.07, 6.45) is 2.33. The van der Waals surface area contributed by atoms with Crippen LogP contribution < -0.4 is 11.1 Å². The molecule has 1 aliphatic heterocycles. The van der Waals surface area contributed by atoms with E-state index in [0.29, 0.717) is 38.6 Å². The standard InChI is InChI=1S/C14H26N4O3/c1-21-12(9-15)8-14(20)18-6-4-17(5-7-18)10-13(19)16-11-2-3-11/h11-12H,2-10,15H2,1H3,(H,16,19). The van der Waals surface area contributed by atoms with Crippen molar-refractivity contribution in [2.75, 3.05) is 46.4 Å². The highest BCUT2D eigenvalue weighted by Gasteiger charge is 2.26. The van der Waals surface area contributed by atoms with Crippen LogP contribution >= 0.6 is 0 Å². The monoisotopic (exact) mass is 298 g/mol. The molecule has 2 amide bonds. The third-order valence-electron chi connectivity index (χ3n) is 4.03. The lowest BCUT2D eigenvalue weighted by molar-refractivity contribution is -0.135. The largest absolute Gasteiger partial charge is 0.380 e. The highest BCUT2D eigenvalue weighted by atomic mass is 16.5. The van der Waals surface area contributed by atoms with Crippen molar-refractivity contribution in [1.29, 1.82) is 0 Å². The number of piperazine rings is 1. The van der Waals surface area contributed by atoms with E-state index in [2.05, 4.69) is 10.2 Å². The molecule has 1 aliphatic carbocycles. The molecular formula is C14H26N4O3. The molecule has 120 valence electrons. The Morgan fingerprint density at radius 2 is 1.95 bits per heavy atom. The first-order valence-electron chi connectivity index (χ1n) is 7.64. The van der Waals surface area contributed by atoms with Gasteiger partial charge in [0.2, 0.25) is 11.8 Å². The van der Waals surface area contributed by atoms with Crippen LogP contribution in [0.1, 0.15) is 19.3 Å². The van der Waals surface area contributed by atoms with Crippen LogP contribution in [0, 0.1) is 0 Å². The maximum Gasteiger partial charge on any atom is 0.234 e. The molecule has 0 bridgehead atoms. The summed E-state index contributed by atoms with van der Waals surface area (Å²) >= 11 is 0. The normalized spacial score (nSPS) is 21.1. The SMILES string of the molecule is COC(CN)CC(=O)N1CCN(CC(=O)NC2CC2)CC1. The molecular weight excluding hydrogens is 272 g/mol. The van der Waals surface area contributed by atoms with Gasteiger partial charge in [-0.15, -0.1) is 0 Å². The Kier molecular flexibility index (Phi) is 5.96. The molecule has 0 radical (unpaired) electrons. The number of nitrogens with zero attached hydrogens (tertiary/aromatic N) is 2. The summed E-state index contributed by atoms with van der Waals surface area (Å²) in [6.45, 7) is 3.59. The van der Waals surface area contributed by atoms with Crippen molar-refractivity contribution in [2.45, 2.75) is 31.4 Å². The highest BCUT2D eigenvalue weighted by molar-refractivity contribution is 5.79. The number of hydrogen-bond acceptors (Lipinski definition) is 5. The van der Waals surface area contributed by atoms with Crippen LogP contribution in [0.5, 0.6) is 0 Å². The average Bonchev–Trinajstić information content (AvgIpc) is 3.29. The summed E-state index contributed by atoms with van der Waals surface area (Å²) < 4.78 is 5.14. The second kappa shape index (κ2) is 7.72. The van der Waals surface area contributed by atoms with Crippen LogP contribution in [0.15, 0.2) is 0 Å². The summed E-state index contributed by atoms with van der Waals surface area (Å²) in [5, 5.41) is 2.98. The van der Waals surface area contributed by atoms with Crippen LogP contribution in [0.25, 0.3) is 0 Å². The maximum absolute atomic E-state index is 12.1. The van der Waals surface area contributed by atoms with Crippen molar-refractivity contribution in [1.82, 2.24) is 15.1 Å². The zero-order valence-corrected chi connectivity index (χ0v) is 12.7. The van der Waals surface area contributed by atoms with Gasteiger partial charge in [-0.2, -0.15) is 0 Å². The third-order valence-corrected chi connectivity index (χ3v) is 4.03. The van der Waals surface area contributed by atoms with Gasteiger partial charge in [0.05, 0.1) is 19.1 Å². The van der Waals surface area contributed by atoms with E-state index in [1.807, 2.05) is 4.90 Å². The molecule has 0 aromatic carbocycles. The Hall–Kier alpha value is -1.18. The summed E-state index contributed by atoms with van der Waals surface area (Å²) in [5.41, 5.74) is 5.53. The number of carbonyl (C=O) groups excluding carboxylic acids is 2. The van der Waals surface area contributed by atoms with Gasteiger partial charge in [0.25, 0.3) is 0 Å². The van der Waals surface area contributed by atoms with E-state index in [1.165, 1.54) is 0 Å².